The molecule has 0 radical (unpaired) electrons. The van der Waals surface area contributed by atoms with Crippen molar-refractivity contribution in [2.24, 2.45) is 0 Å². The number of thiol groups is 1. The molecule has 3 aromatic carbocycles. The van der Waals surface area contributed by atoms with Crippen LogP contribution in [0.1, 0.15) is 29.8 Å². The van der Waals surface area contributed by atoms with E-state index in [-0.39, 0.29) is 0 Å². The summed E-state index contributed by atoms with van der Waals surface area (Å²) >= 11 is 10.2. The number of hydrogen-bond acceptors (Lipinski definition) is 1. The second kappa shape index (κ2) is 10.1. The third-order valence-electron chi connectivity index (χ3n) is 5.55. The van der Waals surface area contributed by atoms with Gasteiger partial charge in [-0.1, -0.05) is 85.0 Å². The molecule has 30 heavy (non-hydrogen) atoms. The summed E-state index contributed by atoms with van der Waals surface area (Å²) in [5, 5.41) is 0. The van der Waals surface area contributed by atoms with E-state index in [9.17, 15) is 0 Å². The quantitative estimate of drug-likeness (QED) is 0.200. The fourth-order valence-electron chi connectivity index (χ4n) is 4.15. The molecule has 4 aromatic rings. The van der Waals surface area contributed by atoms with Gasteiger partial charge in [-0.15, -0.1) is 12.6 Å². The topological polar surface area (TPSA) is 8.81 Å². The molecule has 0 spiro atoms. The van der Waals surface area contributed by atoms with Gasteiger partial charge in [-0.2, -0.15) is 0 Å². The summed E-state index contributed by atoms with van der Waals surface area (Å²) in [6.07, 6.45) is 4.24. The van der Waals surface area contributed by atoms with E-state index in [1.165, 1.54) is 22.2 Å². The lowest BCUT2D eigenvalue weighted by atomic mass is 10.1. The Balaban J connectivity index is 1.57. The smallest absolute Gasteiger partial charge is 0.222 e. The highest BCUT2D eigenvalue weighted by Gasteiger charge is 2.26. The molecule has 0 unspecified atom stereocenters. The predicted molar refractivity (Wildman–Crippen MR) is 132 cm³/mol. The van der Waals surface area contributed by atoms with E-state index in [0.717, 1.165) is 44.6 Å². The van der Waals surface area contributed by atoms with Crippen LogP contribution in [0.15, 0.2) is 84.9 Å². The van der Waals surface area contributed by atoms with E-state index < -0.39 is 0 Å². The average molecular weight is 432 g/mol. The first-order valence-electron chi connectivity index (χ1n) is 10.6. The van der Waals surface area contributed by atoms with Crippen LogP contribution in [0.2, 0.25) is 0 Å². The maximum Gasteiger partial charge on any atom is 0.307 e. The Bertz CT molecular complexity index is 1040. The zero-order valence-electron chi connectivity index (χ0n) is 17.1. The average Bonchev–Trinajstić information content (AvgIpc) is 3.09. The molecule has 0 atom stereocenters. The zero-order chi connectivity index (χ0) is 20.8. The van der Waals surface area contributed by atoms with E-state index >= 15 is 0 Å². The van der Waals surface area contributed by atoms with Crippen LogP contribution in [0.4, 0.5) is 0 Å². The molecule has 2 nitrogen and oxygen atoms in total. The molecule has 0 amide bonds. The molecule has 0 aliphatic carbocycles. The van der Waals surface area contributed by atoms with Gasteiger partial charge in [0.25, 0.3) is 0 Å². The number of aryl methyl sites for hydroxylation is 4. The molecule has 4 heteroatoms. The van der Waals surface area contributed by atoms with E-state index in [1.807, 2.05) is 0 Å². The van der Waals surface area contributed by atoms with Crippen molar-refractivity contribution in [1.82, 2.24) is 4.57 Å². The number of para-hydroxylation sites is 2. The van der Waals surface area contributed by atoms with Crippen molar-refractivity contribution >= 4 is 40.1 Å². The molecule has 1 aromatic heterocycles. The lowest BCUT2D eigenvalue weighted by Crippen LogP contribution is -2.39. The third kappa shape index (κ3) is 4.82. The fraction of sp³-hybridized carbons (Fsp3) is 0.231. The monoisotopic (exact) mass is 431 g/mol. The van der Waals surface area contributed by atoms with Gasteiger partial charge in [0, 0.05) is 0 Å². The maximum absolute atomic E-state index is 5.59. The van der Waals surface area contributed by atoms with Crippen LogP contribution < -0.4 is 4.57 Å². The van der Waals surface area contributed by atoms with Crippen LogP contribution in [0, 0.1) is 0 Å². The first-order chi connectivity index (χ1) is 14.7. The zero-order valence-corrected chi connectivity index (χ0v) is 18.8. The normalized spacial score (nSPS) is 11.1. The largest absolute Gasteiger partial charge is 0.307 e. The summed E-state index contributed by atoms with van der Waals surface area (Å²) in [5.41, 5.74) is 5.22. The van der Waals surface area contributed by atoms with E-state index in [2.05, 4.69) is 107 Å². The lowest BCUT2D eigenvalue weighted by Gasteiger charge is -2.05. The molecular formula is C26H27N2S2+. The highest BCUT2D eigenvalue weighted by atomic mass is 32.1. The fourth-order valence-corrected chi connectivity index (χ4v) is 4.61. The lowest BCUT2D eigenvalue weighted by molar-refractivity contribution is -0.673. The number of imidazole rings is 1. The van der Waals surface area contributed by atoms with Gasteiger partial charge in [0.2, 0.25) is 0 Å². The maximum atomic E-state index is 5.59. The minimum Gasteiger partial charge on any atom is -0.222 e. The number of fused-ring (bicyclic) bond motifs is 1. The Morgan fingerprint density at radius 2 is 1.33 bits per heavy atom. The third-order valence-corrected chi connectivity index (χ3v) is 5.93. The van der Waals surface area contributed by atoms with Crippen LogP contribution in [0.5, 0.6) is 0 Å². The van der Waals surface area contributed by atoms with Crippen LogP contribution in [-0.4, -0.2) is 8.76 Å². The molecule has 0 aliphatic rings. The van der Waals surface area contributed by atoms with Gasteiger partial charge in [-0.05, 0) is 48.9 Å². The standard InChI is InChI=1S/C26H26N2S2/c29-26(30)25-27(19-9-15-21-11-3-1-4-12-21)23-17-7-8-18-24(23)28(25)20-10-16-22-13-5-2-6-14-22/h1-8,11-14,17-18H,9-10,15-16,19-20H2/p+1. The van der Waals surface area contributed by atoms with Gasteiger partial charge in [0.15, 0.2) is 15.2 Å². The summed E-state index contributed by atoms with van der Waals surface area (Å²) in [6, 6.07) is 30.0. The summed E-state index contributed by atoms with van der Waals surface area (Å²) in [6.45, 7) is 1.86. The van der Waals surface area contributed by atoms with Gasteiger partial charge in [-0.25, -0.2) is 9.13 Å². The Labute approximate surface area is 189 Å². The first kappa shape index (κ1) is 20.8. The Hall–Kier alpha value is -2.43. The van der Waals surface area contributed by atoms with Crippen molar-refractivity contribution in [3.63, 3.8) is 0 Å². The first-order valence-corrected chi connectivity index (χ1v) is 11.4. The van der Waals surface area contributed by atoms with Gasteiger partial charge in [-0.3, -0.25) is 0 Å². The molecule has 0 N–H and O–H groups in total. The minimum atomic E-state index is 0.658. The van der Waals surface area contributed by atoms with Crippen LogP contribution >= 0.6 is 24.8 Å². The molecule has 1 heterocycles. The van der Waals surface area contributed by atoms with Crippen molar-refractivity contribution in [1.29, 1.82) is 0 Å². The van der Waals surface area contributed by atoms with E-state index in [1.54, 1.807) is 0 Å². The van der Waals surface area contributed by atoms with Gasteiger partial charge >= 0.3 is 5.82 Å². The van der Waals surface area contributed by atoms with Crippen molar-refractivity contribution in [2.75, 3.05) is 0 Å². The van der Waals surface area contributed by atoms with Crippen LogP contribution in [0.25, 0.3) is 11.0 Å². The summed E-state index contributed by atoms with van der Waals surface area (Å²) in [4.78, 5) is 0. The second-order valence-corrected chi connectivity index (χ2v) is 8.76. The molecule has 0 aliphatic heterocycles. The molecule has 152 valence electrons. The number of rotatable bonds is 9. The van der Waals surface area contributed by atoms with Crippen molar-refractivity contribution in [3.8, 4) is 0 Å². The number of hydrogen-bond donors (Lipinski definition) is 1. The molecule has 4 rings (SSSR count). The highest BCUT2D eigenvalue weighted by molar-refractivity contribution is 8.11. The predicted octanol–water partition coefficient (Wildman–Crippen LogP) is 5.80. The number of aromatic nitrogens is 2. The van der Waals surface area contributed by atoms with E-state index in [0.29, 0.717) is 4.20 Å². The number of nitrogens with zero attached hydrogens (tertiary/aromatic N) is 2. The van der Waals surface area contributed by atoms with Crippen molar-refractivity contribution < 1.29 is 4.57 Å². The summed E-state index contributed by atoms with van der Waals surface area (Å²) in [5.74, 6) is 1.05. The molecule has 0 fully saturated rings. The highest BCUT2D eigenvalue weighted by Crippen LogP contribution is 2.18. The Morgan fingerprint density at radius 3 is 1.97 bits per heavy atom. The molecule has 0 saturated carbocycles. The van der Waals surface area contributed by atoms with Crippen molar-refractivity contribution in [2.45, 2.75) is 38.8 Å². The van der Waals surface area contributed by atoms with Crippen molar-refractivity contribution in [3.05, 3.63) is 102 Å². The minimum absolute atomic E-state index is 0.658. The molecular weight excluding hydrogens is 404 g/mol. The second-order valence-electron chi connectivity index (χ2n) is 7.60. The van der Waals surface area contributed by atoms with Gasteiger partial charge in [0.05, 0.1) is 13.1 Å². The molecule has 0 saturated heterocycles. The SMILES string of the molecule is S=C(S)c1n(CCCc2ccccc2)c2ccccc2[n+]1CCCc1ccccc1. The van der Waals surface area contributed by atoms with Crippen LogP contribution in [-0.2, 0) is 25.9 Å². The number of benzene rings is 3. The van der Waals surface area contributed by atoms with Crippen LogP contribution in [0.3, 0.4) is 0 Å². The van der Waals surface area contributed by atoms with E-state index in [4.69, 9.17) is 12.2 Å². The number of thiocarbonyl (C=S) groups is 1. The summed E-state index contributed by atoms with van der Waals surface area (Å²) in [7, 11) is 0. The van der Waals surface area contributed by atoms with Gasteiger partial charge < -0.3 is 0 Å². The summed E-state index contributed by atoms with van der Waals surface area (Å²) < 4.78 is 5.37. The Morgan fingerprint density at radius 1 is 0.767 bits per heavy atom. The molecule has 0 bridgehead atoms. The Kier molecular flexibility index (Phi) is 6.98. The van der Waals surface area contributed by atoms with Gasteiger partial charge in [0.1, 0.15) is 0 Å².